The van der Waals surface area contributed by atoms with E-state index in [1.54, 1.807) is 0 Å². The predicted molar refractivity (Wildman–Crippen MR) is 92.3 cm³/mol. The molecule has 0 atom stereocenters. The van der Waals surface area contributed by atoms with Crippen molar-refractivity contribution in [3.05, 3.63) is 47.5 Å². The summed E-state index contributed by atoms with van der Waals surface area (Å²) in [7, 11) is 0. The highest BCUT2D eigenvalue weighted by Gasteiger charge is 2.34. The Morgan fingerprint density at radius 2 is 2.00 bits per heavy atom. The van der Waals surface area contributed by atoms with Crippen LogP contribution in [0.1, 0.15) is 37.8 Å². The molecule has 0 N–H and O–H groups in total. The van der Waals surface area contributed by atoms with Crippen LogP contribution in [0.5, 0.6) is 5.75 Å². The van der Waals surface area contributed by atoms with Gasteiger partial charge in [-0.25, -0.2) is 0 Å². The van der Waals surface area contributed by atoms with Crippen LogP contribution in [0.4, 0.5) is 0 Å². The third-order valence-electron chi connectivity index (χ3n) is 4.61. The van der Waals surface area contributed by atoms with Gasteiger partial charge in [0, 0.05) is 29.3 Å². The van der Waals surface area contributed by atoms with Crippen molar-refractivity contribution in [1.82, 2.24) is 4.90 Å². The van der Waals surface area contributed by atoms with Crippen molar-refractivity contribution >= 4 is 22.4 Å². The number of carbonyl (C=O) groups is 1. The average Bonchev–Trinajstić information content (AvgIpc) is 2.99. The molecule has 4 nitrogen and oxygen atoms in total. The highest BCUT2D eigenvalue weighted by molar-refractivity contribution is 6.00. The average molecular weight is 318 g/mol. The summed E-state index contributed by atoms with van der Waals surface area (Å²) in [5, 5.41) is 11.3. The number of ether oxygens (including phenoxy) is 1. The van der Waals surface area contributed by atoms with Gasteiger partial charge in [-0.3, -0.25) is 4.79 Å². The lowest BCUT2D eigenvalue weighted by molar-refractivity contribution is -0.124. The van der Waals surface area contributed by atoms with Gasteiger partial charge in [0.25, 0.3) is 0 Å². The van der Waals surface area contributed by atoms with Crippen LogP contribution in [0.25, 0.3) is 16.5 Å². The van der Waals surface area contributed by atoms with Gasteiger partial charge >= 0.3 is 0 Å². The summed E-state index contributed by atoms with van der Waals surface area (Å²) in [6, 6.07) is 11.9. The number of nitrogens with zero attached hydrogens (tertiary/aromatic N) is 2. The SMILES string of the molecule is CC1(C)C=C(N2CCCC2=O)c2cc(C#N)c3ccccc3c2O1. The minimum absolute atomic E-state index is 0.136. The van der Waals surface area contributed by atoms with E-state index in [0.29, 0.717) is 12.0 Å². The number of carbonyl (C=O) groups excluding carboxylic acids is 1. The van der Waals surface area contributed by atoms with Crippen molar-refractivity contribution < 1.29 is 9.53 Å². The maximum atomic E-state index is 12.3. The predicted octanol–water partition coefficient (Wildman–Crippen LogP) is 3.85. The van der Waals surface area contributed by atoms with Gasteiger partial charge in [0.2, 0.25) is 5.91 Å². The van der Waals surface area contributed by atoms with E-state index in [2.05, 4.69) is 6.07 Å². The van der Waals surface area contributed by atoms with E-state index >= 15 is 0 Å². The molecule has 1 saturated heterocycles. The maximum absolute atomic E-state index is 12.3. The Hall–Kier alpha value is -2.80. The van der Waals surface area contributed by atoms with Crippen molar-refractivity contribution in [2.75, 3.05) is 6.54 Å². The molecule has 0 saturated carbocycles. The molecule has 2 aromatic rings. The van der Waals surface area contributed by atoms with Crippen LogP contribution < -0.4 is 4.74 Å². The molecular weight excluding hydrogens is 300 g/mol. The molecule has 0 aromatic heterocycles. The molecule has 24 heavy (non-hydrogen) atoms. The summed E-state index contributed by atoms with van der Waals surface area (Å²) in [5.41, 5.74) is 1.79. The zero-order chi connectivity index (χ0) is 16.9. The van der Waals surface area contributed by atoms with Gasteiger partial charge in [0.1, 0.15) is 11.4 Å². The highest BCUT2D eigenvalue weighted by atomic mass is 16.5. The molecule has 4 heteroatoms. The molecule has 0 spiro atoms. The number of benzene rings is 2. The first-order valence-corrected chi connectivity index (χ1v) is 8.19. The normalized spacial score (nSPS) is 18.8. The van der Waals surface area contributed by atoms with E-state index in [0.717, 1.165) is 40.7 Å². The van der Waals surface area contributed by atoms with E-state index < -0.39 is 5.60 Å². The van der Waals surface area contributed by atoms with Gasteiger partial charge in [-0.05, 0) is 32.4 Å². The van der Waals surface area contributed by atoms with Gasteiger partial charge in [0.15, 0.2) is 0 Å². The number of hydrogen-bond donors (Lipinski definition) is 0. The molecule has 0 radical (unpaired) electrons. The second-order valence-corrected chi connectivity index (χ2v) is 6.84. The summed E-state index contributed by atoms with van der Waals surface area (Å²) < 4.78 is 6.23. The molecule has 0 bridgehead atoms. The summed E-state index contributed by atoms with van der Waals surface area (Å²) in [6.45, 7) is 4.70. The summed E-state index contributed by atoms with van der Waals surface area (Å²) in [6.07, 6.45) is 3.44. The number of hydrogen-bond acceptors (Lipinski definition) is 3. The van der Waals surface area contributed by atoms with Crippen LogP contribution in [0.2, 0.25) is 0 Å². The van der Waals surface area contributed by atoms with Crippen molar-refractivity contribution in [2.45, 2.75) is 32.3 Å². The van der Waals surface area contributed by atoms with E-state index in [1.807, 2.05) is 55.2 Å². The maximum Gasteiger partial charge on any atom is 0.227 e. The van der Waals surface area contributed by atoms with Crippen molar-refractivity contribution in [2.24, 2.45) is 0 Å². The quantitative estimate of drug-likeness (QED) is 0.802. The van der Waals surface area contributed by atoms with Crippen molar-refractivity contribution in [1.29, 1.82) is 5.26 Å². The summed E-state index contributed by atoms with van der Waals surface area (Å²) in [4.78, 5) is 14.1. The van der Waals surface area contributed by atoms with Gasteiger partial charge in [0.05, 0.1) is 17.3 Å². The van der Waals surface area contributed by atoms with Crippen LogP contribution in [-0.2, 0) is 4.79 Å². The van der Waals surface area contributed by atoms with Gasteiger partial charge in [-0.15, -0.1) is 0 Å². The highest BCUT2D eigenvalue weighted by Crippen LogP contribution is 2.44. The third-order valence-corrected chi connectivity index (χ3v) is 4.61. The lowest BCUT2D eigenvalue weighted by Gasteiger charge is -2.35. The minimum atomic E-state index is -0.512. The van der Waals surface area contributed by atoms with E-state index in [4.69, 9.17) is 4.74 Å². The number of likely N-dealkylation sites (tertiary alicyclic amines) is 1. The minimum Gasteiger partial charge on any atom is -0.482 e. The first-order chi connectivity index (χ1) is 11.5. The van der Waals surface area contributed by atoms with Crippen LogP contribution >= 0.6 is 0 Å². The molecular formula is C20H18N2O2. The van der Waals surface area contributed by atoms with E-state index in [-0.39, 0.29) is 5.91 Å². The molecule has 120 valence electrons. The van der Waals surface area contributed by atoms with Gasteiger partial charge < -0.3 is 9.64 Å². The lowest BCUT2D eigenvalue weighted by atomic mass is 9.93. The second-order valence-electron chi connectivity index (χ2n) is 6.84. The van der Waals surface area contributed by atoms with Crippen LogP contribution in [0, 0.1) is 11.3 Å². The second kappa shape index (κ2) is 5.10. The largest absolute Gasteiger partial charge is 0.482 e. The van der Waals surface area contributed by atoms with Crippen molar-refractivity contribution in [3.8, 4) is 11.8 Å². The van der Waals surface area contributed by atoms with Crippen LogP contribution in [0.3, 0.4) is 0 Å². The van der Waals surface area contributed by atoms with Gasteiger partial charge in [-0.2, -0.15) is 5.26 Å². The standard InChI is InChI=1S/C20H18N2O2/c1-20(2)11-17(22-9-5-8-18(22)23)16-10-13(12-21)14-6-3-4-7-15(14)19(16)24-20/h3-4,6-7,10-11H,5,8-9H2,1-2H3. The molecule has 1 fully saturated rings. The Morgan fingerprint density at radius 3 is 2.67 bits per heavy atom. The third kappa shape index (κ3) is 2.16. The Morgan fingerprint density at radius 1 is 1.25 bits per heavy atom. The number of amides is 1. The summed E-state index contributed by atoms with van der Waals surface area (Å²) in [5.74, 6) is 0.892. The fourth-order valence-corrected chi connectivity index (χ4v) is 3.57. The van der Waals surface area contributed by atoms with E-state index in [1.165, 1.54) is 0 Å². The smallest absolute Gasteiger partial charge is 0.227 e. The number of fused-ring (bicyclic) bond motifs is 3. The van der Waals surface area contributed by atoms with Crippen LogP contribution in [-0.4, -0.2) is 23.0 Å². The fraction of sp³-hybridized carbons (Fsp3) is 0.300. The first kappa shape index (κ1) is 14.8. The summed E-state index contributed by atoms with van der Waals surface area (Å²) >= 11 is 0. The molecule has 2 aliphatic rings. The van der Waals surface area contributed by atoms with Gasteiger partial charge in [-0.1, -0.05) is 24.3 Å². The Kier molecular flexibility index (Phi) is 3.14. The Bertz CT molecular complexity index is 935. The van der Waals surface area contributed by atoms with E-state index in [9.17, 15) is 10.1 Å². The fourth-order valence-electron chi connectivity index (χ4n) is 3.57. The zero-order valence-electron chi connectivity index (χ0n) is 13.8. The lowest BCUT2D eigenvalue weighted by Crippen LogP contribution is -2.34. The molecule has 2 aliphatic heterocycles. The monoisotopic (exact) mass is 318 g/mol. The topological polar surface area (TPSA) is 53.3 Å². The Labute approximate surface area is 140 Å². The number of rotatable bonds is 1. The molecule has 1 amide bonds. The molecule has 2 heterocycles. The Balaban J connectivity index is 2.03. The number of nitriles is 1. The molecule has 4 rings (SSSR count). The first-order valence-electron chi connectivity index (χ1n) is 8.19. The zero-order valence-corrected chi connectivity index (χ0v) is 13.8. The van der Waals surface area contributed by atoms with Crippen LogP contribution in [0.15, 0.2) is 36.4 Å². The molecule has 0 aliphatic carbocycles. The molecule has 0 unspecified atom stereocenters. The van der Waals surface area contributed by atoms with Crippen molar-refractivity contribution in [3.63, 3.8) is 0 Å². The molecule has 2 aromatic carbocycles.